The summed E-state index contributed by atoms with van der Waals surface area (Å²) in [7, 11) is 0. The lowest BCUT2D eigenvalue weighted by atomic mass is 9.93. The van der Waals surface area contributed by atoms with Crippen molar-refractivity contribution < 1.29 is 14.8 Å². The van der Waals surface area contributed by atoms with Crippen LogP contribution < -0.4 is 4.74 Å². The van der Waals surface area contributed by atoms with Crippen molar-refractivity contribution in [1.82, 2.24) is 15.0 Å². The molecule has 8 nitrogen and oxygen atoms in total. The molecular weight excluding hydrogens is 300 g/mol. The van der Waals surface area contributed by atoms with Crippen molar-refractivity contribution in [2.45, 2.75) is 44.4 Å². The van der Waals surface area contributed by atoms with Gasteiger partial charge in [0.1, 0.15) is 18.1 Å². The molecule has 0 aliphatic heterocycles. The van der Waals surface area contributed by atoms with E-state index < -0.39 is 4.92 Å². The van der Waals surface area contributed by atoms with Gasteiger partial charge in [-0.25, -0.2) is 4.68 Å². The largest absolute Gasteiger partial charge is 0.487 e. The fourth-order valence-electron chi connectivity index (χ4n) is 2.76. The maximum Gasteiger partial charge on any atom is 0.269 e. The van der Waals surface area contributed by atoms with Crippen LogP contribution in [0.5, 0.6) is 5.75 Å². The number of aliphatic hydroxyl groups excluding tert-OH is 1. The van der Waals surface area contributed by atoms with E-state index in [4.69, 9.17) is 4.74 Å². The Balaban J connectivity index is 1.59. The van der Waals surface area contributed by atoms with Gasteiger partial charge in [-0.2, -0.15) is 0 Å². The maximum atomic E-state index is 10.6. The van der Waals surface area contributed by atoms with E-state index >= 15 is 0 Å². The number of nitrogens with zero attached hydrogens (tertiary/aromatic N) is 4. The second-order valence-corrected chi connectivity index (χ2v) is 5.65. The van der Waals surface area contributed by atoms with Gasteiger partial charge in [-0.1, -0.05) is 18.1 Å². The summed E-state index contributed by atoms with van der Waals surface area (Å²) in [6.45, 7) is 0.223. The van der Waals surface area contributed by atoms with Crippen LogP contribution >= 0.6 is 0 Å². The minimum absolute atomic E-state index is 0.0228. The second-order valence-electron chi connectivity index (χ2n) is 5.65. The summed E-state index contributed by atoms with van der Waals surface area (Å²) in [6, 6.07) is 5.86. The van der Waals surface area contributed by atoms with Crippen molar-refractivity contribution in [2.24, 2.45) is 0 Å². The van der Waals surface area contributed by atoms with Gasteiger partial charge in [0.15, 0.2) is 0 Å². The molecule has 1 aliphatic rings. The van der Waals surface area contributed by atoms with Crippen LogP contribution in [-0.4, -0.2) is 31.1 Å². The van der Waals surface area contributed by atoms with Crippen molar-refractivity contribution in [3.05, 3.63) is 46.3 Å². The molecule has 3 rings (SSSR count). The highest BCUT2D eigenvalue weighted by Gasteiger charge is 2.25. The molecule has 1 aromatic carbocycles. The summed E-state index contributed by atoms with van der Waals surface area (Å²) in [4.78, 5) is 10.1. The van der Waals surface area contributed by atoms with E-state index in [0.29, 0.717) is 11.4 Å². The van der Waals surface area contributed by atoms with E-state index in [2.05, 4.69) is 10.3 Å². The molecule has 1 fully saturated rings. The predicted molar refractivity (Wildman–Crippen MR) is 81.0 cm³/mol. The summed E-state index contributed by atoms with van der Waals surface area (Å²) in [5.41, 5.74) is 0.677. The zero-order chi connectivity index (χ0) is 16.2. The number of aromatic nitrogens is 3. The van der Waals surface area contributed by atoms with Gasteiger partial charge in [-0.15, -0.1) is 5.10 Å². The molecule has 0 radical (unpaired) electrons. The molecule has 2 unspecified atom stereocenters. The van der Waals surface area contributed by atoms with E-state index in [0.717, 1.165) is 25.7 Å². The summed E-state index contributed by atoms with van der Waals surface area (Å²) in [5, 5.41) is 28.8. The lowest BCUT2D eigenvalue weighted by Gasteiger charge is -2.27. The van der Waals surface area contributed by atoms with Crippen LogP contribution in [0.2, 0.25) is 0 Å². The Bertz CT molecular complexity index is 670. The molecule has 23 heavy (non-hydrogen) atoms. The fraction of sp³-hybridized carbons (Fsp3) is 0.467. The minimum Gasteiger partial charge on any atom is -0.487 e. The monoisotopic (exact) mass is 318 g/mol. The Morgan fingerprint density at radius 1 is 1.30 bits per heavy atom. The van der Waals surface area contributed by atoms with Gasteiger partial charge in [0.25, 0.3) is 5.69 Å². The van der Waals surface area contributed by atoms with E-state index in [1.54, 1.807) is 23.0 Å². The van der Waals surface area contributed by atoms with Crippen LogP contribution in [0.3, 0.4) is 0 Å². The molecule has 2 atom stereocenters. The second kappa shape index (κ2) is 6.74. The van der Waals surface area contributed by atoms with Gasteiger partial charge in [0.05, 0.1) is 23.3 Å². The summed E-state index contributed by atoms with van der Waals surface area (Å²) in [5.74, 6) is 0.530. The standard InChI is InChI=1S/C15H18N4O4/c20-15-4-2-1-3-14(15)18-9-11(16-17-18)10-23-13-7-5-12(6-8-13)19(21)22/h5-9,14-15,20H,1-4,10H2. The first-order valence-corrected chi connectivity index (χ1v) is 7.59. The Morgan fingerprint density at radius 3 is 2.74 bits per heavy atom. The van der Waals surface area contributed by atoms with E-state index in [1.807, 2.05) is 0 Å². The fourth-order valence-corrected chi connectivity index (χ4v) is 2.76. The number of hydrogen-bond acceptors (Lipinski definition) is 6. The number of rotatable bonds is 5. The molecule has 2 aromatic rings. The molecular formula is C15H18N4O4. The highest BCUT2D eigenvalue weighted by atomic mass is 16.6. The predicted octanol–water partition coefficient (Wildman–Crippen LogP) is 2.24. The molecule has 122 valence electrons. The van der Waals surface area contributed by atoms with Crippen LogP contribution in [0.15, 0.2) is 30.5 Å². The van der Waals surface area contributed by atoms with Gasteiger partial charge in [-0.3, -0.25) is 10.1 Å². The normalized spacial score (nSPS) is 21.1. The molecule has 0 saturated heterocycles. The highest BCUT2D eigenvalue weighted by molar-refractivity contribution is 5.35. The lowest BCUT2D eigenvalue weighted by Crippen LogP contribution is -2.27. The number of aliphatic hydroxyl groups is 1. The van der Waals surface area contributed by atoms with E-state index in [1.165, 1.54) is 12.1 Å². The Kier molecular flexibility index (Phi) is 4.52. The lowest BCUT2D eigenvalue weighted by molar-refractivity contribution is -0.384. The molecule has 1 heterocycles. The van der Waals surface area contributed by atoms with E-state index in [9.17, 15) is 15.2 Å². The smallest absolute Gasteiger partial charge is 0.269 e. The van der Waals surface area contributed by atoms with Crippen molar-refractivity contribution in [1.29, 1.82) is 0 Å². The zero-order valence-corrected chi connectivity index (χ0v) is 12.5. The number of nitro benzene ring substituents is 1. The third-order valence-corrected chi connectivity index (χ3v) is 4.03. The summed E-state index contributed by atoms with van der Waals surface area (Å²) < 4.78 is 7.26. The van der Waals surface area contributed by atoms with Crippen LogP contribution in [0.4, 0.5) is 5.69 Å². The molecule has 0 spiro atoms. The van der Waals surface area contributed by atoms with Gasteiger partial charge in [-0.05, 0) is 25.0 Å². The van der Waals surface area contributed by atoms with Crippen molar-refractivity contribution in [2.75, 3.05) is 0 Å². The number of nitro groups is 1. The first kappa shape index (κ1) is 15.4. The highest BCUT2D eigenvalue weighted by Crippen LogP contribution is 2.28. The number of benzene rings is 1. The average Bonchev–Trinajstić information content (AvgIpc) is 3.02. The van der Waals surface area contributed by atoms with Crippen LogP contribution in [0.1, 0.15) is 37.4 Å². The number of ether oxygens (including phenoxy) is 1. The number of hydrogen-bond donors (Lipinski definition) is 1. The first-order valence-electron chi connectivity index (χ1n) is 7.59. The average molecular weight is 318 g/mol. The van der Waals surface area contributed by atoms with Gasteiger partial charge in [0.2, 0.25) is 0 Å². The van der Waals surface area contributed by atoms with Crippen molar-refractivity contribution in [3.8, 4) is 5.75 Å². The first-order chi connectivity index (χ1) is 11.1. The third kappa shape index (κ3) is 3.65. The maximum absolute atomic E-state index is 10.6. The van der Waals surface area contributed by atoms with Gasteiger partial charge >= 0.3 is 0 Å². The quantitative estimate of drug-likeness (QED) is 0.670. The van der Waals surface area contributed by atoms with E-state index in [-0.39, 0.29) is 24.4 Å². The number of non-ortho nitro benzene ring substituents is 1. The van der Waals surface area contributed by atoms with Gasteiger partial charge < -0.3 is 9.84 Å². The van der Waals surface area contributed by atoms with Crippen LogP contribution in [0.25, 0.3) is 0 Å². The molecule has 1 saturated carbocycles. The molecule has 1 aromatic heterocycles. The SMILES string of the molecule is O=[N+]([O-])c1ccc(OCc2cn(C3CCCCC3O)nn2)cc1. The third-order valence-electron chi connectivity index (χ3n) is 4.03. The van der Waals surface area contributed by atoms with Crippen molar-refractivity contribution in [3.63, 3.8) is 0 Å². The Hall–Kier alpha value is -2.48. The topological polar surface area (TPSA) is 103 Å². The molecule has 1 N–H and O–H groups in total. The summed E-state index contributed by atoms with van der Waals surface area (Å²) in [6.07, 6.45) is 5.21. The minimum atomic E-state index is -0.454. The Labute approximate surface area is 132 Å². The Morgan fingerprint density at radius 2 is 2.04 bits per heavy atom. The molecule has 0 amide bonds. The van der Waals surface area contributed by atoms with Crippen LogP contribution in [0, 0.1) is 10.1 Å². The van der Waals surface area contributed by atoms with Crippen molar-refractivity contribution >= 4 is 5.69 Å². The molecule has 1 aliphatic carbocycles. The summed E-state index contributed by atoms with van der Waals surface area (Å²) >= 11 is 0. The van der Waals surface area contributed by atoms with Gasteiger partial charge in [0, 0.05) is 12.1 Å². The zero-order valence-electron chi connectivity index (χ0n) is 12.5. The molecule has 8 heteroatoms. The van der Waals surface area contributed by atoms with Crippen LogP contribution in [-0.2, 0) is 6.61 Å². The molecule has 0 bridgehead atoms.